The van der Waals surface area contributed by atoms with Gasteiger partial charge in [-0.3, -0.25) is 4.90 Å². The molecule has 0 amide bonds. The summed E-state index contributed by atoms with van der Waals surface area (Å²) in [6.07, 6.45) is 2.31. The maximum absolute atomic E-state index is 13.0. The largest absolute Gasteiger partial charge is 0.478 e. The Kier molecular flexibility index (Phi) is 7.13. The van der Waals surface area contributed by atoms with Crippen molar-refractivity contribution < 1.29 is 29.0 Å². The Labute approximate surface area is 195 Å². The van der Waals surface area contributed by atoms with Crippen molar-refractivity contribution in [2.45, 2.75) is 5.92 Å². The third-order valence-corrected chi connectivity index (χ3v) is 5.16. The summed E-state index contributed by atoms with van der Waals surface area (Å²) in [5.41, 5.74) is 7.49. The summed E-state index contributed by atoms with van der Waals surface area (Å²) in [4.78, 5) is 38.2. The number of aliphatic carboxylic acids is 1. The van der Waals surface area contributed by atoms with Crippen molar-refractivity contribution in [1.29, 1.82) is 5.26 Å². The van der Waals surface area contributed by atoms with Crippen LogP contribution in [0, 0.1) is 11.3 Å². The van der Waals surface area contributed by atoms with Gasteiger partial charge in [-0.05, 0) is 29.3 Å². The molecule has 3 N–H and O–H groups in total. The molecule has 1 heterocycles. The van der Waals surface area contributed by atoms with Gasteiger partial charge < -0.3 is 20.3 Å². The molecule has 0 saturated carbocycles. The average molecular weight is 459 g/mol. The monoisotopic (exact) mass is 459 g/mol. The molecule has 3 rings (SSSR count). The third-order valence-electron chi connectivity index (χ3n) is 5.16. The first kappa shape index (κ1) is 23.8. The Hall–Kier alpha value is -4.84. The molecule has 0 bridgehead atoms. The second-order valence-corrected chi connectivity index (χ2v) is 7.10. The van der Waals surface area contributed by atoms with E-state index in [1.807, 2.05) is 0 Å². The molecule has 0 fully saturated rings. The molecule has 0 saturated heterocycles. The van der Waals surface area contributed by atoms with Gasteiger partial charge in [-0.1, -0.05) is 42.5 Å². The average Bonchev–Trinajstić information content (AvgIpc) is 2.86. The lowest BCUT2D eigenvalue weighted by atomic mass is 9.81. The zero-order valence-corrected chi connectivity index (χ0v) is 18.4. The second kappa shape index (κ2) is 10.2. The summed E-state index contributed by atoms with van der Waals surface area (Å²) in [5.74, 6) is -3.89. The van der Waals surface area contributed by atoms with Crippen LogP contribution in [-0.2, 0) is 23.9 Å². The van der Waals surface area contributed by atoms with E-state index in [1.54, 1.807) is 54.6 Å². The van der Waals surface area contributed by atoms with Gasteiger partial charge in [-0.15, -0.1) is 0 Å². The van der Waals surface area contributed by atoms with Crippen LogP contribution in [0.25, 0.3) is 6.08 Å². The number of carboxylic acids is 1. The number of ether oxygens (including phenoxy) is 2. The number of hydrogen-bond acceptors (Lipinski definition) is 8. The summed E-state index contributed by atoms with van der Waals surface area (Å²) in [7, 11) is 2.33. The molecule has 0 aromatic heterocycles. The molecule has 1 atom stereocenters. The van der Waals surface area contributed by atoms with Crippen molar-refractivity contribution in [3.05, 3.63) is 94.5 Å². The highest BCUT2D eigenvalue weighted by Crippen LogP contribution is 2.43. The van der Waals surface area contributed by atoms with Crippen LogP contribution < -0.4 is 10.6 Å². The molecule has 34 heavy (non-hydrogen) atoms. The van der Waals surface area contributed by atoms with Crippen molar-refractivity contribution >= 4 is 29.7 Å². The smallest absolute Gasteiger partial charge is 0.355 e. The Balaban J connectivity index is 2.36. The van der Waals surface area contributed by atoms with Crippen molar-refractivity contribution in [2.24, 2.45) is 5.73 Å². The SMILES string of the molecule is COC(=O)C1=C(C(=O)OC)N(c2cccc(C=CC(=O)O)c2)C(N)=C(C#N)C1c1ccccc1. The molecule has 172 valence electrons. The van der Waals surface area contributed by atoms with E-state index in [0.29, 0.717) is 16.8 Å². The van der Waals surface area contributed by atoms with E-state index >= 15 is 0 Å². The second-order valence-electron chi connectivity index (χ2n) is 7.10. The molecule has 9 nitrogen and oxygen atoms in total. The van der Waals surface area contributed by atoms with E-state index < -0.39 is 23.8 Å². The number of allylic oxidation sites excluding steroid dienone is 1. The van der Waals surface area contributed by atoms with Crippen LogP contribution >= 0.6 is 0 Å². The van der Waals surface area contributed by atoms with Gasteiger partial charge in [0.15, 0.2) is 0 Å². The van der Waals surface area contributed by atoms with Crippen LogP contribution in [-0.4, -0.2) is 37.2 Å². The Morgan fingerprint density at radius 3 is 2.32 bits per heavy atom. The molecule has 2 aromatic rings. The number of esters is 2. The molecular formula is C25H21N3O6. The minimum absolute atomic E-state index is 0.0331. The predicted octanol–water partition coefficient (Wildman–Crippen LogP) is 2.68. The van der Waals surface area contributed by atoms with Gasteiger partial charge in [0.25, 0.3) is 0 Å². The van der Waals surface area contributed by atoms with Crippen LogP contribution in [0.2, 0.25) is 0 Å². The number of benzene rings is 2. The van der Waals surface area contributed by atoms with E-state index in [0.717, 1.165) is 13.2 Å². The molecular weight excluding hydrogens is 438 g/mol. The first-order valence-corrected chi connectivity index (χ1v) is 10.0. The molecule has 0 spiro atoms. The molecule has 1 aliphatic heterocycles. The zero-order valence-electron chi connectivity index (χ0n) is 18.4. The first-order chi connectivity index (χ1) is 16.3. The summed E-state index contributed by atoms with van der Waals surface area (Å²) >= 11 is 0. The summed E-state index contributed by atoms with van der Waals surface area (Å²) in [5, 5.41) is 19.0. The van der Waals surface area contributed by atoms with Gasteiger partial charge in [-0.25, -0.2) is 14.4 Å². The number of methoxy groups -OCH3 is 2. The number of nitrogens with zero attached hydrogens (tertiary/aromatic N) is 2. The fraction of sp³-hybridized carbons (Fsp3) is 0.120. The van der Waals surface area contributed by atoms with E-state index in [4.69, 9.17) is 20.3 Å². The molecule has 9 heteroatoms. The maximum Gasteiger partial charge on any atom is 0.355 e. The van der Waals surface area contributed by atoms with Crippen LogP contribution in [0.15, 0.2) is 83.3 Å². The predicted molar refractivity (Wildman–Crippen MR) is 123 cm³/mol. The van der Waals surface area contributed by atoms with E-state index in [2.05, 4.69) is 6.07 Å². The van der Waals surface area contributed by atoms with Gasteiger partial charge in [0, 0.05) is 11.8 Å². The van der Waals surface area contributed by atoms with Gasteiger partial charge in [0.05, 0.1) is 37.4 Å². The number of nitriles is 1. The molecule has 1 unspecified atom stereocenters. The van der Waals surface area contributed by atoms with Crippen LogP contribution in [0.5, 0.6) is 0 Å². The molecule has 1 aliphatic rings. The third kappa shape index (κ3) is 4.52. The van der Waals surface area contributed by atoms with E-state index in [9.17, 15) is 19.6 Å². The minimum atomic E-state index is -1.14. The number of rotatable bonds is 6. The Bertz CT molecular complexity index is 1270. The number of carbonyl (C=O) groups excluding carboxylic acids is 2. The van der Waals surface area contributed by atoms with Crippen LogP contribution in [0.3, 0.4) is 0 Å². The van der Waals surface area contributed by atoms with Crippen LogP contribution in [0.1, 0.15) is 17.0 Å². The minimum Gasteiger partial charge on any atom is -0.478 e. The van der Waals surface area contributed by atoms with Gasteiger partial charge >= 0.3 is 17.9 Å². The highest BCUT2D eigenvalue weighted by Gasteiger charge is 2.42. The summed E-state index contributed by atoms with van der Waals surface area (Å²) in [6, 6.07) is 17.1. The summed E-state index contributed by atoms with van der Waals surface area (Å²) < 4.78 is 9.96. The van der Waals surface area contributed by atoms with Gasteiger partial charge in [-0.2, -0.15) is 5.26 Å². The lowest BCUT2D eigenvalue weighted by Crippen LogP contribution is -2.40. The van der Waals surface area contributed by atoms with Crippen molar-refractivity contribution in [3.8, 4) is 6.07 Å². The first-order valence-electron chi connectivity index (χ1n) is 10.0. The van der Waals surface area contributed by atoms with Crippen LogP contribution in [0.4, 0.5) is 5.69 Å². The van der Waals surface area contributed by atoms with Gasteiger partial charge in [0.2, 0.25) is 0 Å². The van der Waals surface area contributed by atoms with Crippen molar-refractivity contribution in [2.75, 3.05) is 19.1 Å². The molecule has 2 aromatic carbocycles. The number of anilines is 1. The van der Waals surface area contributed by atoms with Crippen molar-refractivity contribution in [3.63, 3.8) is 0 Å². The highest BCUT2D eigenvalue weighted by atomic mass is 16.5. The number of carboxylic acid groups (broad SMARTS) is 1. The fourth-order valence-corrected chi connectivity index (χ4v) is 3.72. The topological polar surface area (TPSA) is 143 Å². The zero-order chi connectivity index (χ0) is 24.8. The fourth-order valence-electron chi connectivity index (χ4n) is 3.72. The molecule has 0 aliphatic carbocycles. The van der Waals surface area contributed by atoms with E-state index in [1.165, 1.54) is 18.1 Å². The molecule has 0 radical (unpaired) electrons. The van der Waals surface area contributed by atoms with E-state index in [-0.39, 0.29) is 22.7 Å². The van der Waals surface area contributed by atoms with Crippen molar-refractivity contribution in [1.82, 2.24) is 0 Å². The Morgan fingerprint density at radius 2 is 1.74 bits per heavy atom. The highest BCUT2D eigenvalue weighted by molar-refractivity contribution is 6.06. The normalized spacial score (nSPS) is 15.8. The quantitative estimate of drug-likeness (QED) is 0.492. The lowest BCUT2D eigenvalue weighted by Gasteiger charge is -2.36. The lowest BCUT2D eigenvalue weighted by molar-refractivity contribution is -0.139. The number of nitrogens with two attached hydrogens (primary N) is 1. The summed E-state index contributed by atoms with van der Waals surface area (Å²) in [6.45, 7) is 0. The standard InChI is InChI=1S/C25H21N3O6/c1-33-24(31)21-20(16-8-4-3-5-9-16)18(14-26)23(27)28(22(21)25(32)34-2)17-10-6-7-15(13-17)11-12-19(29)30/h3-13,20H,27H2,1-2H3,(H,29,30). The Morgan fingerprint density at radius 1 is 1.06 bits per heavy atom. The maximum atomic E-state index is 13.0. The number of hydrogen-bond donors (Lipinski definition) is 2. The number of carbonyl (C=O) groups is 3. The van der Waals surface area contributed by atoms with Gasteiger partial charge in [0.1, 0.15) is 11.5 Å².